The molecule has 92 valence electrons. The Morgan fingerprint density at radius 2 is 2.29 bits per heavy atom. The molecule has 1 aliphatic heterocycles. The maximum absolute atomic E-state index is 9.14. The Hall–Kier alpha value is -0.485. The maximum atomic E-state index is 9.14. The highest BCUT2D eigenvalue weighted by Crippen LogP contribution is 2.18. The second kappa shape index (κ2) is 5.91. The molecule has 0 radical (unpaired) electrons. The lowest BCUT2D eigenvalue weighted by Crippen LogP contribution is -2.40. The van der Waals surface area contributed by atoms with Gasteiger partial charge in [-0.05, 0) is 17.9 Å². The van der Waals surface area contributed by atoms with Crippen LogP contribution in [-0.4, -0.2) is 46.2 Å². The molecule has 1 aromatic carbocycles. The maximum Gasteiger partial charge on any atom is 0.488 e. The van der Waals surface area contributed by atoms with E-state index in [0.29, 0.717) is 11.5 Å². The number of hydrogen-bond donors (Lipinski definition) is 2. The zero-order valence-electron chi connectivity index (χ0n) is 10.0. The van der Waals surface area contributed by atoms with Crippen LogP contribution < -0.4 is 5.46 Å². The average molecular weight is 251 g/mol. The molecular weight excluding hydrogens is 233 g/mol. The van der Waals surface area contributed by atoms with E-state index in [1.165, 1.54) is 11.5 Å². The Balaban J connectivity index is 2.04. The third-order valence-electron chi connectivity index (χ3n) is 3.14. The summed E-state index contributed by atoms with van der Waals surface area (Å²) >= 11 is 2.00. The minimum absolute atomic E-state index is 0.571. The van der Waals surface area contributed by atoms with E-state index in [1.807, 2.05) is 30.0 Å². The molecule has 1 fully saturated rings. The van der Waals surface area contributed by atoms with Crippen LogP contribution in [0.2, 0.25) is 0 Å². The molecule has 17 heavy (non-hydrogen) atoms. The summed E-state index contributed by atoms with van der Waals surface area (Å²) < 4.78 is 0. The topological polar surface area (TPSA) is 43.7 Å². The first-order valence-corrected chi connectivity index (χ1v) is 7.09. The Kier molecular flexibility index (Phi) is 4.51. The van der Waals surface area contributed by atoms with Gasteiger partial charge in [0.2, 0.25) is 0 Å². The molecule has 0 aliphatic carbocycles. The van der Waals surface area contributed by atoms with Crippen LogP contribution in [0.15, 0.2) is 24.3 Å². The van der Waals surface area contributed by atoms with Crippen LogP contribution in [0.5, 0.6) is 0 Å². The summed E-state index contributed by atoms with van der Waals surface area (Å²) in [6, 6.07) is 8.13. The largest absolute Gasteiger partial charge is 0.488 e. The fourth-order valence-corrected chi connectivity index (χ4v) is 3.17. The highest BCUT2D eigenvalue weighted by atomic mass is 32.2. The van der Waals surface area contributed by atoms with Crippen LogP contribution in [-0.2, 0) is 6.54 Å². The zero-order chi connectivity index (χ0) is 12.3. The van der Waals surface area contributed by atoms with Crippen LogP contribution in [0.4, 0.5) is 0 Å². The van der Waals surface area contributed by atoms with Crippen LogP contribution in [0, 0.1) is 0 Å². The number of nitrogens with zero attached hydrogens (tertiary/aromatic N) is 1. The van der Waals surface area contributed by atoms with Crippen LogP contribution in [0.1, 0.15) is 12.5 Å². The van der Waals surface area contributed by atoms with E-state index in [-0.39, 0.29) is 0 Å². The summed E-state index contributed by atoms with van der Waals surface area (Å²) in [6.45, 7) is 4.25. The van der Waals surface area contributed by atoms with Gasteiger partial charge in [-0.15, -0.1) is 0 Å². The van der Waals surface area contributed by atoms with Gasteiger partial charge in [0.25, 0.3) is 0 Å². The molecule has 0 bridgehead atoms. The van der Waals surface area contributed by atoms with Crippen molar-refractivity contribution >= 4 is 24.3 Å². The molecule has 1 atom stereocenters. The first kappa shape index (κ1) is 13.0. The molecule has 1 aliphatic rings. The molecule has 1 unspecified atom stereocenters. The molecule has 3 nitrogen and oxygen atoms in total. The predicted molar refractivity (Wildman–Crippen MR) is 73.5 cm³/mol. The summed E-state index contributed by atoms with van der Waals surface area (Å²) in [5, 5.41) is 18.3. The first-order chi connectivity index (χ1) is 8.16. The van der Waals surface area contributed by atoms with Crippen molar-refractivity contribution in [2.75, 3.05) is 18.1 Å². The summed E-state index contributed by atoms with van der Waals surface area (Å²) in [7, 11) is -1.37. The number of benzene rings is 1. The smallest absolute Gasteiger partial charge is 0.423 e. The Bertz CT molecular complexity index is 375. The van der Waals surface area contributed by atoms with Gasteiger partial charge >= 0.3 is 7.12 Å². The Labute approximate surface area is 107 Å². The molecule has 0 amide bonds. The fourth-order valence-electron chi connectivity index (χ4n) is 2.08. The van der Waals surface area contributed by atoms with Crippen molar-refractivity contribution in [1.82, 2.24) is 4.90 Å². The second-order valence-electron chi connectivity index (χ2n) is 4.51. The minimum atomic E-state index is -1.37. The molecule has 2 N–H and O–H groups in total. The highest BCUT2D eigenvalue weighted by Gasteiger charge is 2.19. The van der Waals surface area contributed by atoms with Crippen molar-refractivity contribution in [3.05, 3.63) is 29.8 Å². The predicted octanol–water partition coefficient (Wildman–Crippen LogP) is 0.304. The molecular formula is C12H18BNO2S. The van der Waals surface area contributed by atoms with Crippen molar-refractivity contribution in [2.45, 2.75) is 19.5 Å². The van der Waals surface area contributed by atoms with Gasteiger partial charge in [-0.1, -0.05) is 24.3 Å². The SMILES string of the molecule is CC1CSCCN1Cc1cccc(B(O)O)c1. The van der Waals surface area contributed by atoms with E-state index in [4.69, 9.17) is 10.0 Å². The third kappa shape index (κ3) is 3.49. The van der Waals surface area contributed by atoms with Crippen molar-refractivity contribution in [2.24, 2.45) is 0 Å². The summed E-state index contributed by atoms with van der Waals surface area (Å²) in [5.41, 5.74) is 1.72. The molecule has 1 saturated heterocycles. The molecule has 1 aromatic rings. The van der Waals surface area contributed by atoms with Gasteiger partial charge in [0.05, 0.1) is 0 Å². The number of rotatable bonds is 3. The van der Waals surface area contributed by atoms with Gasteiger partial charge in [-0.25, -0.2) is 0 Å². The molecule has 1 heterocycles. The normalized spacial score (nSPS) is 21.5. The monoisotopic (exact) mass is 251 g/mol. The van der Waals surface area contributed by atoms with E-state index in [1.54, 1.807) is 6.07 Å². The van der Waals surface area contributed by atoms with Crippen LogP contribution in [0.25, 0.3) is 0 Å². The van der Waals surface area contributed by atoms with E-state index in [9.17, 15) is 0 Å². The van der Waals surface area contributed by atoms with E-state index < -0.39 is 7.12 Å². The number of thioether (sulfide) groups is 1. The quantitative estimate of drug-likeness (QED) is 0.758. The Morgan fingerprint density at radius 1 is 1.47 bits per heavy atom. The summed E-state index contributed by atoms with van der Waals surface area (Å²) in [5.74, 6) is 2.37. The highest BCUT2D eigenvalue weighted by molar-refractivity contribution is 7.99. The van der Waals surface area contributed by atoms with Gasteiger partial charge in [-0.2, -0.15) is 11.8 Å². The molecule has 5 heteroatoms. The van der Waals surface area contributed by atoms with E-state index in [0.717, 1.165) is 18.7 Å². The van der Waals surface area contributed by atoms with Crippen LogP contribution >= 0.6 is 11.8 Å². The second-order valence-corrected chi connectivity index (χ2v) is 5.66. The van der Waals surface area contributed by atoms with Gasteiger partial charge in [0.1, 0.15) is 0 Å². The van der Waals surface area contributed by atoms with Gasteiger partial charge in [0.15, 0.2) is 0 Å². The summed E-state index contributed by atoms with van der Waals surface area (Å²) in [6.07, 6.45) is 0. The standard InChI is InChI=1S/C12H18BNO2S/c1-10-9-17-6-5-14(10)8-11-3-2-4-12(7-11)13(15)16/h2-4,7,10,15-16H,5-6,8-9H2,1H3. The molecule has 0 aromatic heterocycles. The molecule has 2 rings (SSSR count). The Morgan fingerprint density at radius 3 is 3.00 bits per heavy atom. The third-order valence-corrected chi connectivity index (χ3v) is 4.33. The van der Waals surface area contributed by atoms with Crippen molar-refractivity contribution in [3.63, 3.8) is 0 Å². The van der Waals surface area contributed by atoms with Crippen molar-refractivity contribution in [1.29, 1.82) is 0 Å². The van der Waals surface area contributed by atoms with Crippen molar-refractivity contribution in [3.8, 4) is 0 Å². The lowest BCUT2D eigenvalue weighted by molar-refractivity contribution is 0.224. The van der Waals surface area contributed by atoms with E-state index in [2.05, 4.69) is 11.8 Å². The lowest BCUT2D eigenvalue weighted by atomic mass is 9.79. The van der Waals surface area contributed by atoms with Gasteiger partial charge in [0, 0.05) is 30.6 Å². The lowest BCUT2D eigenvalue weighted by Gasteiger charge is -2.33. The average Bonchev–Trinajstić information content (AvgIpc) is 2.32. The molecule has 0 spiro atoms. The number of hydrogen-bond acceptors (Lipinski definition) is 4. The minimum Gasteiger partial charge on any atom is -0.423 e. The van der Waals surface area contributed by atoms with Crippen molar-refractivity contribution < 1.29 is 10.0 Å². The zero-order valence-corrected chi connectivity index (χ0v) is 10.9. The first-order valence-electron chi connectivity index (χ1n) is 5.93. The summed E-state index contributed by atoms with van der Waals surface area (Å²) in [4.78, 5) is 2.44. The van der Waals surface area contributed by atoms with Crippen LogP contribution in [0.3, 0.4) is 0 Å². The van der Waals surface area contributed by atoms with E-state index >= 15 is 0 Å². The van der Waals surface area contributed by atoms with Gasteiger partial charge < -0.3 is 10.0 Å². The fraction of sp³-hybridized carbons (Fsp3) is 0.500. The van der Waals surface area contributed by atoms with Gasteiger partial charge in [-0.3, -0.25) is 4.90 Å². The molecule has 0 saturated carbocycles.